The molecule has 76 valence electrons. The lowest BCUT2D eigenvalue weighted by atomic mass is 10.1. The van der Waals surface area contributed by atoms with Crippen molar-refractivity contribution in [3.63, 3.8) is 0 Å². The van der Waals surface area contributed by atoms with Gasteiger partial charge in [0.05, 0.1) is 4.92 Å². The van der Waals surface area contributed by atoms with Gasteiger partial charge in [-0.05, 0) is 6.07 Å². The summed E-state index contributed by atoms with van der Waals surface area (Å²) in [5.74, 6) is -1.65. The molecule has 7 heteroatoms. The van der Waals surface area contributed by atoms with Crippen LogP contribution in [0.3, 0.4) is 0 Å². The zero-order valence-electron chi connectivity index (χ0n) is 6.51. The molecule has 0 aliphatic rings. The van der Waals surface area contributed by atoms with E-state index in [4.69, 9.17) is 0 Å². The molecule has 0 amide bonds. The third-order valence-electron chi connectivity index (χ3n) is 1.47. The summed E-state index contributed by atoms with van der Waals surface area (Å²) in [5, 5.41) is 10.2. The van der Waals surface area contributed by atoms with Gasteiger partial charge in [0, 0.05) is 6.07 Å². The number of hydrogen-bond acceptors (Lipinski definition) is 2. The first-order valence-electron chi connectivity index (χ1n) is 3.34. The van der Waals surface area contributed by atoms with Crippen LogP contribution in [0.1, 0.15) is 5.56 Å². The minimum absolute atomic E-state index is 0.524. The van der Waals surface area contributed by atoms with Gasteiger partial charge in [0.2, 0.25) is 0 Å². The summed E-state index contributed by atoms with van der Waals surface area (Å²) in [7, 11) is 0. The summed E-state index contributed by atoms with van der Waals surface area (Å²) in [6.07, 6.45) is -5.06. The summed E-state index contributed by atoms with van der Waals surface area (Å²) in [4.78, 5) is 8.89. The van der Waals surface area contributed by atoms with Crippen molar-refractivity contribution in [2.75, 3.05) is 0 Å². The molecule has 0 aliphatic heterocycles. The molecule has 0 fully saturated rings. The van der Waals surface area contributed by atoms with Gasteiger partial charge < -0.3 is 0 Å². The summed E-state index contributed by atoms with van der Waals surface area (Å²) in [5.41, 5.74) is -3.12. The molecule has 0 radical (unpaired) electrons. The van der Waals surface area contributed by atoms with Crippen LogP contribution in [0.2, 0.25) is 0 Å². The van der Waals surface area contributed by atoms with Crippen molar-refractivity contribution in [2.24, 2.45) is 0 Å². The Bertz CT molecular complexity index is 374. The monoisotopic (exact) mass is 209 g/mol. The van der Waals surface area contributed by atoms with E-state index in [-0.39, 0.29) is 0 Å². The van der Waals surface area contributed by atoms with Crippen LogP contribution >= 0.6 is 0 Å². The van der Waals surface area contributed by atoms with E-state index >= 15 is 0 Å². The average molecular weight is 209 g/mol. The van der Waals surface area contributed by atoms with E-state index in [9.17, 15) is 27.7 Å². The zero-order valence-corrected chi connectivity index (χ0v) is 6.51. The van der Waals surface area contributed by atoms with Crippen LogP contribution in [-0.2, 0) is 6.18 Å². The van der Waals surface area contributed by atoms with E-state index in [0.717, 1.165) is 6.07 Å². The molecule has 0 aliphatic carbocycles. The zero-order chi connectivity index (χ0) is 10.9. The molecule has 0 heterocycles. The maximum absolute atomic E-state index is 12.7. The van der Waals surface area contributed by atoms with Crippen LogP contribution in [0.15, 0.2) is 18.2 Å². The second-order valence-corrected chi connectivity index (χ2v) is 2.39. The van der Waals surface area contributed by atoms with Crippen molar-refractivity contribution in [3.05, 3.63) is 39.7 Å². The normalized spacial score (nSPS) is 11.4. The first kappa shape index (κ1) is 10.4. The van der Waals surface area contributed by atoms with Crippen LogP contribution in [-0.4, -0.2) is 4.92 Å². The fourth-order valence-electron chi connectivity index (χ4n) is 0.946. The van der Waals surface area contributed by atoms with Gasteiger partial charge in [-0.15, -0.1) is 0 Å². The lowest BCUT2D eigenvalue weighted by Gasteiger charge is -2.07. The SMILES string of the molecule is O=[N+]([O-])c1cccc(F)c1C(F)(F)F. The van der Waals surface area contributed by atoms with Crippen LogP contribution < -0.4 is 0 Å². The maximum atomic E-state index is 12.7. The van der Waals surface area contributed by atoms with E-state index in [1.54, 1.807) is 0 Å². The highest BCUT2D eigenvalue weighted by Gasteiger charge is 2.41. The highest BCUT2D eigenvalue weighted by molar-refractivity contribution is 5.42. The molecule has 0 saturated carbocycles. The molecule has 0 unspecified atom stereocenters. The first-order valence-corrected chi connectivity index (χ1v) is 3.34. The predicted octanol–water partition coefficient (Wildman–Crippen LogP) is 2.75. The molecular formula is C7H3F4NO2. The molecule has 0 N–H and O–H groups in total. The minimum atomic E-state index is -5.06. The quantitative estimate of drug-likeness (QED) is 0.405. The summed E-state index contributed by atoms with van der Waals surface area (Å²) in [6, 6.07) is 1.98. The Kier molecular flexibility index (Phi) is 2.41. The second-order valence-electron chi connectivity index (χ2n) is 2.39. The third-order valence-corrected chi connectivity index (χ3v) is 1.47. The Morgan fingerprint density at radius 1 is 1.29 bits per heavy atom. The highest BCUT2D eigenvalue weighted by atomic mass is 19.4. The standard InChI is InChI=1S/C7H3F4NO2/c8-4-2-1-3-5(12(13)14)6(4)7(9,10)11/h1-3H. The minimum Gasteiger partial charge on any atom is -0.258 e. The number of hydrogen-bond donors (Lipinski definition) is 0. The summed E-state index contributed by atoms with van der Waals surface area (Å²) >= 11 is 0. The maximum Gasteiger partial charge on any atom is 0.425 e. The van der Waals surface area contributed by atoms with E-state index in [1.807, 2.05) is 0 Å². The Labute approximate surface area is 75.1 Å². The third kappa shape index (κ3) is 1.81. The van der Waals surface area contributed by atoms with Gasteiger partial charge in [-0.25, -0.2) is 4.39 Å². The Morgan fingerprint density at radius 2 is 1.86 bits per heavy atom. The van der Waals surface area contributed by atoms with Crippen LogP contribution in [0.5, 0.6) is 0 Å². The Morgan fingerprint density at radius 3 is 2.21 bits per heavy atom. The molecule has 1 rings (SSSR count). The number of halogens is 4. The number of nitro benzene ring substituents is 1. The van der Waals surface area contributed by atoms with Crippen molar-refractivity contribution >= 4 is 5.69 Å². The number of nitrogens with zero attached hydrogens (tertiary/aromatic N) is 1. The van der Waals surface area contributed by atoms with Crippen molar-refractivity contribution < 1.29 is 22.5 Å². The molecule has 0 spiro atoms. The molecule has 0 bridgehead atoms. The van der Waals surface area contributed by atoms with E-state index in [0.29, 0.717) is 12.1 Å². The Balaban J connectivity index is 3.45. The topological polar surface area (TPSA) is 43.1 Å². The van der Waals surface area contributed by atoms with Gasteiger partial charge in [-0.3, -0.25) is 10.1 Å². The molecule has 0 atom stereocenters. The van der Waals surface area contributed by atoms with Gasteiger partial charge in [-0.1, -0.05) is 6.07 Å². The fourth-order valence-corrected chi connectivity index (χ4v) is 0.946. The molecule has 1 aromatic rings. The lowest BCUT2D eigenvalue weighted by molar-refractivity contribution is -0.388. The van der Waals surface area contributed by atoms with Gasteiger partial charge in [0.15, 0.2) is 5.56 Å². The molecule has 3 nitrogen and oxygen atoms in total. The smallest absolute Gasteiger partial charge is 0.258 e. The van der Waals surface area contributed by atoms with Crippen molar-refractivity contribution in [2.45, 2.75) is 6.18 Å². The van der Waals surface area contributed by atoms with Gasteiger partial charge in [0.1, 0.15) is 5.82 Å². The average Bonchev–Trinajstić information content (AvgIpc) is 2.01. The summed E-state index contributed by atoms with van der Waals surface area (Å²) in [6.45, 7) is 0. The molecule has 0 saturated heterocycles. The van der Waals surface area contributed by atoms with E-state index < -0.39 is 28.2 Å². The van der Waals surface area contributed by atoms with E-state index in [2.05, 4.69) is 0 Å². The molecule has 14 heavy (non-hydrogen) atoms. The summed E-state index contributed by atoms with van der Waals surface area (Å²) < 4.78 is 49.1. The van der Waals surface area contributed by atoms with Gasteiger partial charge in [-0.2, -0.15) is 13.2 Å². The molecular weight excluding hydrogens is 206 g/mol. The van der Waals surface area contributed by atoms with Crippen LogP contribution in [0.4, 0.5) is 23.2 Å². The lowest BCUT2D eigenvalue weighted by Crippen LogP contribution is -2.11. The molecule has 1 aromatic carbocycles. The number of nitro groups is 1. The number of alkyl halides is 3. The molecule has 0 aromatic heterocycles. The van der Waals surface area contributed by atoms with Crippen molar-refractivity contribution in [1.82, 2.24) is 0 Å². The van der Waals surface area contributed by atoms with Crippen LogP contribution in [0.25, 0.3) is 0 Å². The van der Waals surface area contributed by atoms with Crippen molar-refractivity contribution in [1.29, 1.82) is 0 Å². The predicted molar refractivity (Wildman–Crippen MR) is 38.1 cm³/mol. The van der Waals surface area contributed by atoms with E-state index in [1.165, 1.54) is 0 Å². The fraction of sp³-hybridized carbons (Fsp3) is 0.143. The van der Waals surface area contributed by atoms with Gasteiger partial charge >= 0.3 is 6.18 Å². The second kappa shape index (κ2) is 3.24. The van der Waals surface area contributed by atoms with Crippen molar-refractivity contribution in [3.8, 4) is 0 Å². The van der Waals surface area contributed by atoms with Crippen LogP contribution in [0, 0.1) is 15.9 Å². The first-order chi connectivity index (χ1) is 6.34. The number of rotatable bonds is 1. The highest BCUT2D eigenvalue weighted by Crippen LogP contribution is 2.37. The van der Waals surface area contributed by atoms with Gasteiger partial charge in [0.25, 0.3) is 5.69 Å². The number of benzene rings is 1. The Hall–Kier alpha value is -1.66. The largest absolute Gasteiger partial charge is 0.425 e.